The Morgan fingerprint density at radius 1 is 1.10 bits per heavy atom. The zero-order valence-electron chi connectivity index (χ0n) is 11.4. The second-order valence-corrected chi connectivity index (χ2v) is 4.98. The Morgan fingerprint density at radius 3 is 2.80 bits per heavy atom. The fourth-order valence-corrected chi connectivity index (χ4v) is 2.50. The maximum atomic E-state index is 13.7. The lowest BCUT2D eigenvalue weighted by atomic mass is 10.1. The van der Waals surface area contributed by atoms with Gasteiger partial charge in [-0.2, -0.15) is 0 Å². The molecule has 102 valence electrons. The molecule has 0 aliphatic carbocycles. The first-order valence-electron chi connectivity index (χ1n) is 6.78. The summed E-state index contributed by atoms with van der Waals surface area (Å²) in [5.41, 5.74) is 3.03. The number of hydrogen-bond donors (Lipinski definition) is 2. The first-order valence-corrected chi connectivity index (χ1v) is 6.78. The summed E-state index contributed by atoms with van der Waals surface area (Å²) in [6.07, 6.45) is 1.94. The smallest absolute Gasteiger partial charge is 0.127 e. The van der Waals surface area contributed by atoms with Crippen LogP contribution in [0, 0.1) is 5.82 Å². The van der Waals surface area contributed by atoms with Crippen LogP contribution >= 0.6 is 0 Å². The summed E-state index contributed by atoms with van der Waals surface area (Å²) in [5, 5.41) is 4.58. The predicted molar refractivity (Wildman–Crippen MR) is 80.0 cm³/mol. The normalized spacial score (nSPS) is 12.7. The van der Waals surface area contributed by atoms with Crippen LogP contribution in [-0.2, 0) is 6.54 Å². The van der Waals surface area contributed by atoms with Crippen molar-refractivity contribution in [2.75, 3.05) is 0 Å². The molecule has 0 aliphatic heterocycles. The van der Waals surface area contributed by atoms with Gasteiger partial charge in [0.1, 0.15) is 5.82 Å². The number of halogens is 1. The van der Waals surface area contributed by atoms with Gasteiger partial charge in [-0.1, -0.05) is 36.4 Å². The number of rotatable bonds is 4. The Kier molecular flexibility index (Phi) is 3.52. The van der Waals surface area contributed by atoms with Crippen LogP contribution in [0.15, 0.2) is 54.7 Å². The van der Waals surface area contributed by atoms with Crippen LogP contribution in [0.4, 0.5) is 4.39 Å². The van der Waals surface area contributed by atoms with Crippen LogP contribution in [0.5, 0.6) is 0 Å². The summed E-state index contributed by atoms with van der Waals surface area (Å²) in [5.74, 6) is -0.161. The van der Waals surface area contributed by atoms with E-state index in [2.05, 4.69) is 28.5 Å². The van der Waals surface area contributed by atoms with Gasteiger partial charge in [0, 0.05) is 29.9 Å². The van der Waals surface area contributed by atoms with E-state index in [4.69, 9.17) is 0 Å². The number of nitrogens with one attached hydrogen (secondary N) is 2. The molecule has 3 heteroatoms. The SMILES string of the molecule is C[C@@H](NCc1cccc2cc[nH]c12)c1ccccc1F. The lowest BCUT2D eigenvalue weighted by Crippen LogP contribution is -2.19. The molecule has 0 saturated carbocycles. The summed E-state index contributed by atoms with van der Waals surface area (Å²) in [6.45, 7) is 2.68. The van der Waals surface area contributed by atoms with Gasteiger partial charge in [0.2, 0.25) is 0 Å². The van der Waals surface area contributed by atoms with Crippen molar-refractivity contribution in [3.8, 4) is 0 Å². The van der Waals surface area contributed by atoms with Gasteiger partial charge in [-0.3, -0.25) is 0 Å². The van der Waals surface area contributed by atoms with Gasteiger partial charge in [-0.05, 0) is 30.0 Å². The Balaban J connectivity index is 1.76. The second-order valence-electron chi connectivity index (χ2n) is 4.98. The first kappa shape index (κ1) is 12.9. The molecule has 2 N–H and O–H groups in total. The average molecular weight is 268 g/mol. The highest BCUT2D eigenvalue weighted by Gasteiger charge is 2.10. The quantitative estimate of drug-likeness (QED) is 0.730. The van der Waals surface area contributed by atoms with Crippen LogP contribution in [0.1, 0.15) is 24.1 Å². The van der Waals surface area contributed by atoms with E-state index in [9.17, 15) is 4.39 Å². The van der Waals surface area contributed by atoms with Crippen molar-refractivity contribution in [2.24, 2.45) is 0 Å². The number of hydrogen-bond acceptors (Lipinski definition) is 1. The Labute approximate surface area is 117 Å². The third kappa shape index (κ3) is 2.45. The van der Waals surface area contributed by atoms with Gasteiger partial charge in [-0.25, -0.2) is 4.39 Å². The maximum Gasteiger partial charge on any atom is 0.127 e. The molecule has 0 spiro atoms. The van der Waals surface area contributed by atoms with Crippen molar-refractivity contribution in [3.63, 3.8) is 0 Å². The van der Waals surface area contributed by atoms with Gasteiger partial charge in [-0.15, -0.1) is 0 Å². The minimum absolute atomic E-state index is 0.0265. The van der Waals surface area contributed by atoms with Crippen molar-refractivity contribution in [1.29, 1.82) is 0 Å². The van der Waals surface area contributed by atoms with Gasteiger partial charge in [0.15, 0.2) is 0 Å². The topological polar surface area (TPSA) is 27.8 Å². The highest BCUT2D eigenvalue weighted by Crippen LogP contribution is 2.20. The van der Waals surface area contributed by atoms with E-state index in [0.29, 0.717) is 12.1 Å². The first-order chi connectivity index (χ1) is 9.75. The van der Waals surface area contributed by atoms with E-state index in [0.717, 1.165) is 5.52 Å². The predicted octanol–water partition coefficient (Wildman–Crippen LogP) is 4.16. The molecular weight excluding hydrogens is 251 g/mol. The zero-order chi connectivity index (χ0) is 13.9. The Hall–Kier alpha value is -2.13. The van der Waals surface area contributed by atoms with E-state index in [-0.39, 0.29) is 11.9 Å². The third-order valence-electron chi connectivity index (χ3n) is 3.64. The molecule has 2 aromatic carbocycles. The molecule has 0 radical (unpaired) electrons. The minimum atomic E-state index is -0.161. The molecule has 1 atom stereocenters. The number of aromatic nitrogens is 1. The molecule has 2 nitrogen and oxygen atoms in total. The molecule has 1 heterocycles. The fraction of sp³-hybridized carbons (Fsp3) is 0.176. The molecule has 20 heavy (non-hydrogen) atoms. The van der Waals surface area contributed by atoms with E-state index in [1.807, 2.05) is 31.3 Å². The maximum absolute atomic E-state index is 13.7. The van der Waals surface area contributed by atoms with Gasteiger partial charge in [0.25, 0.3) is 0 Å². The standard InChI is InChI=1S/C17H17FN2/c1-12(15-7-2-3-8-16(15)18)20-11-14-6-4-5-13-9-10-19-17(13)14/h2-10,12,19-20H,11H2,1H3/t12-/m1/s1. The molecular formula is C17H17FN2. The molecule has 0 fully saturated rings. The van der Waals surface area contributed by atoms with Crippen molar-refractivity contribution < 1.29 is 4.39 Å². The largest absolute Gasteiger partial charge is 0.361 e. The van der Waals surface area contributed by atoms with E-state index in [1.54, 1.807) is 6.07 Å². The molecule has 0 saturated heterocycles. The third-order valence-corrected chi connectivity index (χ3v) is 3.64. The van der Waals surface area contributed by atoms with Crippen molar-refractivity contribution >= 4 is 10.9 Å². The van der Waals surface area contributed by atoms with Gasteiger partial charge < -0.3 is 10.3 Å². The van der Waals surface area contributed by atoms with E-state index < -0.39 is 0 Å². The van der Waals surface area contributed by atoms with E-state index >= 15 is 0 Å². The molecule has 0 aliphatic rings. The summed E-state index contributed by atoms with van der Waals surface area (Å²) >= 11 is 0. The molecule has 1 aromatic heterocycles. The monoisotopic (exact) mass is 268 g/mol. The average Bonchev–Trinajstić information content (AvgIpc) is 2.94. The summed E-state index contributed by atoms with van der Waals surface area (Å²) in [6, 6.07) is 15.1. The van der Waals surface area contributed by atoms with Crippen LogP contribution < -0.4 is 5.32 Å². The molecule has 0 amide bonds. The fourth-order valence-electron chi connectivity index (χ4n) is 2.50. The number of para-hydroxylation sites is 1. The minimum Gasteiger partial charge on any atom is -0.361 e. The summed E-state index contributed by atoms with van der Waals surface area (Å²) in [7, 11) is 0. The number of H-pyrrole nitrogens is 1. The second kappa shape index (κ2) is 5.47. The Bertz CT molecular complexity index is 718. The highest BCUT2D eigenvalue weighted by atomic mass is 19.1. The molecule has 0 unspecified atom stereocenters. The number of fused-ring (bicyclic) bond motifs is 1. The van der Waals surface area contributed by atoms with Gasteiger partial charge >= 0.3 is 0 Å². The van der Waals surface area contributed by atoms with Crippen LogP contribution in [-0.4, -0.2) is 4.98 Å². The molecule has 0 bridgehead atoms. The van der Waals surface area contributed by atoms with E-state index in [1.165, 1.54) is 17.0 Å². The van der Waals surface area contributed by atoms with Crippen molar-refractivity contribution in [3.05, 3.63) is 71.7 Å². The molecule has 3 aromatic rings. The zero-order valence-corrected chi connectivity index (χ0v) is 11.4. The molecule has 3 rings (SSSR count). The van der Waals surface area contributed by atoms with Crippen LogP contribution in [0.25, 0.3) is 10.9 Å². The number of aromatic amines is 1. The lowest BCUT2D eigenvalue weighted by molar-refractivity contribution is 0.529. The Morgan fingerprint density at radius 2 is 1.95 bits per heavy atom. The number of benzene rings is 2. The van der Waals surface area contributed by atoms with Gasteiger partial charge in [0.05, 0.1) is 0 Å². The summed E-state index contributed by atoms with van der Waals surface area (Å²) < 4.78 is 13.7. The van der Waals surface area contributed by atoms with Crippen molar-refractivity contribution in [2.45, 2.75) is 19.5 Å². The van der Waals surface area contributed by atoms with Crippen LogP contribution in [0.3, 0.4) is 0 Å². The highest BCUT2D eigenvalue weighted by molar-refractivity contribution is 5.82. The lowest BCUT2D eigenvalue weighted by Gasteiger charge is -2.15. The van der Waals surface area contributed by atoms with Crippen molar-refractivity contribution in [1.82, 2.24) is 10.3 Å². The summed E-state index contributed by atoms with van der Waals surface area (Å²) in [4.78, 5) is 3.25. The van der Waals surface area contributed by atoms with Crippen LogP contribution in [0.2, 0.25) is 0 Å².